The minimum atomic E-state index is -0.505. The number of halogens is 1. The molecule has 2 heterocycles. The zero-order valence-corrected chi connectivity index (χ0v) is 13.3. The Morgan fingerprint density at radius 1 is 1.37 bits per heavy atom. The van der Waals surface area contributed by atoms with E-state index in [1.807, 2.05) is 18.3 Å². The van der Waals surface area contributed by atoms with Crippen LogP contribution < -0.4 is 5.32 Å². The maximum atomic E-state index is 9.98. The second kappa shape index (κ2) is 6.81. The number of thiazole rings is 1. The summed E-state index contributed by atoms with van der Waals surface area (Å²) in [5.74, 6) is 0.470. The number of aliphatic hydroxyl groups excluding tert-OH is 1. The first-order valence-electron chi connectivity index (χ1n) is 6.15. The summed E-state index contributed by atoms with van der Waals surface area (Å²) in [5, 5.41) is 14.4. The second-order valence-electron chi connectivity index (χ2n) is 4.61. The van der Waals surface area contributed by atoms with E-state index in [1.165, 1.54) is 16.2 Å². The molecule has 104 valence electrons. The molecule has 2 aromatic heterocycles. The Morgan fingerprint density at radius 2 is 2.16 bits per heavy atom. The normalized spacial score (nSPS) is 13.1. The van der Waals surface area contributed by atoms with Gasteiger partial charge in [-0.1, -0.05) is 25.4 Å². The fourth-order valence-electron chi connectivity index (χ4n) is 1.61. The van der Waals surface area contributed by atoms with Crippen LogP contribution in [0.1, 0.15) is 40.6 Å². The first kappa shape index (κ1) is 14.9. The lowest BCUT2D eigenvalue weighted by Gasteiger charge is -2.08. The van der Waals surface area contributed by atoms with Gasteiger partial charge >= 0.3 is 0 Å². The van der Waals surface area contributed by atoms with Crippen molar-refractivity contribution >= 4 is 34.3 Å². The highest BCUT2D eigenvalue weighted by Gasteiger charge is 2.10. The molecule has 1 atom stereocenters. The van der Waals surface area contributed by atoms with Gasteiger partial charge in [0.25, 0.3) is 0 Å². The summed E-state index contributed by atoms with van der Waals surface area (Å²) >= 11 is 8.98. The Morgan fingerprint density at radius 3 is 2.74 bits per heavy atom. The lowest BCUT2D eigenvalue weighted by atomic mass is 10.2. The van der Waals surface area contributed by atoms with Crippen molar-refractivity contribution in [1.29, 1.82) is 0 Å². The molecule has 0 amide bonds. The SMILES string of the molecule is CC(C)c1ncc(CNCC(O)c2ccc(Cl)s2)s1. The average molecular weight is 317 g/mol. The van der Waals surface area contributed by atoms with Crippen LogP contribution >= 0.6 is 34.3 Å². The Bertz CT molecular complexity index is 524. The molecular weight excluding hydrogens is 300 g/mol. The number of hydrogen-bond acceptors (Lipinski definition) is 5. The van der Waals surface area contributed by atoms with Crippen molar-refractivity contribution in [3.8, 4) is 0 Å². The molecule has 2 rings (SSSR count). The van der Waals surface area contributed by atoms with E-state index in [2.05, 4.69) is 24.1 Å². The molecule has 19 heavy (non-hydrogen) atoms. The monoisotopic (exact) mass is 316 g/mol. The van der Waals surface area contributed by atoms with E-state index in [0.717, 1.165) is 16.4 Å². The summed E-state index contributed by atoms with van der Waals surface area (Å²) in [6.45, 7) is 5.53. The average Bonchev–Trinajstić information content (AvgIpc) is 2.98. The van der Waals surface area contributed by atoms with Gasteiger partial charge < -0.3 is 10.4 Å². The highest BCUT2D eigenvalue weighted by atomic mass is 35.5. The zero-order chi connectivity index (χ0) is 13.8. The maximum Gasteiger partial charge on any atom is 0.101 e. The van der Waals surface area contributed by atoms with Crippen LogP contribution in [-0.2, 0) is 6.54 Å². The summed E-state index contributed by atoms with van der Waals surface area (Å²) in [6.07, 6.45) is 1.40. The summed E-state index contributed by atoms with van der Waals surface area (Å²) < 4.78 is 0.707. The third kappa shape index (κ3) is 4.26. The third-order valence-electron chi connectivity index (χ3n) is 2.62. The van der Waals surface area contributed by atoms with Crippen LogP contribution in [0, 0.1) is 0 Å². The van der Waals surface area contributed by atoms with Gasteiger partial charge in [0.1, 0.15) is 6.10 Å². The number of thiophene rings is 1. The molecule has 0 saturated heterocycles. The molecule has 0 aromatic carbocycles. The standard InChI is InChI=1S/C13H17ClN2OS2/c1-8(2)13-16-6-9(18-13)5-15-7-10(17)11-3-4-12(14)19-11/h3-4,6,8,10,15,17H,5,7H2,1-2H3. The molecule has 0 aliphatic heterocycles. The van der Waals surface area contributed by atoms with E-state index in [1.54, 1.807) is 11.3 Å². The van der Waals surface area contributed by atoms with Crippen molar-refractivity contribution in [1.82, 2.24) is 10.3 Å². The number of rotatable bonds is 6. The second-order valence-corrected chi connectivity index (χ2v) is 7.50. The van der Waals surface area contributed by atoms with Gasteiger partial charge in [0.2, 0.25) is 0 Å². The van der Waals surface area contributed by atoms with Crippen LogP contribution in [0.25, 0.3) is 0 Å². The van der Waals surface area contributed by atoms with Gasteiger partial charge in [0.05, 0.1) is 9.34 Å². The van der Waals surface area contributed by atoms with Gasteiger partial charge in [0, 0.05) is 35.0 Å². The number of hydrogen-bond donors (Lipinski definition) is 2. The first-order chi connectivity index (χ1) is 9.06. The fourth-order valence-corrected chi connectivity index (χ4v) is 3.55. The van der Waals surface area contributed by atoms with Crippen LogP contribution in [0.5, 0.6) is 0 Å². The summed E-state index contributed by atoms with van der Waals surface area (Å²) in [6, 6.07) is 3.67. The number of nitrogens with one attached hydrogen (secondary N) is 1. The molecule has 3 nitrogen and oxygen atoms in total. The molecule has 0 spiro atoms. The molecule has 0 fully saturated rings. The van der Waals surface area contributed by atoms with E-state index in [0.29, 0.717) is 16.8 Å². The smallest absolute Gasteiger partial charge is 0.101 e. The zero-order valence-electron chi connectivity index (χ0n) is 10.9. The Balaban J connectivity index is 1.79. The largest absolute Gasteiger partial charge is 0.386 e. The Kier molecular flexibility index (Phi) is 5.36. The van der Waals surface area contributed by atoms with Gasteiger partial charge in [-0.25, -0.2) is 4.98 Å². The topological polar surface area (TPSA) is 45.2 Å². The van der Waals surface area contributed by atoms with E-state index >= 15 is 0 Å². The van der Waals surface area contributed by atoms with Crippen molar-refractivity contribution in [3.05, 3.63) is 37.4 Å². The van der Waals surface area contributed by atoms with Crippen LogP contribution in [-0.4, -0.2) is 16.6 Å². The highest BCUT2D eigenvalue weighted by molar-refractivity contribution is 7.16. The molecule has 2 aromatic rings. The molecule has 0 bridgehead atoms. The molecule has 0 saturated carbocycles. The molecule has 0 aliphatic carbocycles. The van der Waals surface area contributed by atoms with Crippen LogP contribution in [0.3, 0.4) is 0 Å². The highest BCUT2D eigenvalue weighted by Crippen LogP contribution is 2.26. The van der Waals surface area contributed by atoms with Crippen molar-refractivity contribution < 1.29 is 5.11 Å². The molecular formula is C13H17ClN2OS2. The van der Waals surface area contributed by atoms with Crippen molar-refractivity contribution in [2.45, 2.75) is 32.4 Å². The number of aromatic nitrogens is 1. The van der Waals surface area contributed by atoms with Gasteiger partial charge in [0.15, 0.2) is 0 Å². The van der Waals surface area contributed by atoms with Crippen LogP contribution in [0.15, 0.2) is 18.3 Å². The Hall–Kier alpha value is -0.460. The van der Waals surface area contributed by atoms with Crippen molar-refractivity contribution in [2.24, 2.45) is 0 Å². The fraction of sp³-hybridized carbons (Fsp3) is 0.462. The third-order valence-corrected chi connectivity index (χ3v) is 5.25. The summed E-state index contributed by atoms with van der Waals surface area (Å²) in [5.41, 5.74) is 0. The summed E-state index contributed by atoms with van der Waals surface area (Å²) in [4.78, 5) is 6.46. The van der Waals surface area contributed by atoms with E-state index in [9.17, 15) is 5.11 Å². The first-order valence-corrected chi connectivity index (χ1v) is 8.16. The van der Waals surface area contributed by atoms with Crippen molar-refractivity contribution in [2.75, 3.05) is 6.54 Å². The number of nitrogens with zero attached hydrogens (tertiary/aromatic N) is 1. The minimum absolute atomic E-state index is 0.470. The maximum absolute atomic E-state index is 9.98. The minimum Gasteiger partial charge on any atom is -0.386 e. The van der Waals surface area contributed by atoms with E-state index < -0.39 is 6.10 Å². The predicted octanol–water partition coefficient (Wildman–Crippen LogP) is 3.80. The molecule has 2 N–H and O–H groups in total. The molecule has 1 unspecified atom stereocenters. The van der Waals surface area contributed by atoms with Gasteiger partial charge in [-0.15, -0.1) is 22.7 Å². The predicted molar refractivity (Wildman–Crippen MR) is 82.2 cm³/mol. The van der Waals surface area contributed by atoms with Gasteiger partial charge in [-0.05, 0) is 12.1 Å². The number of aliphatic hydroxyl groups is 1. The van der Waals surface area contributed by atoms with E-state index in [4.69, 9.17) is 11.6 Å². The lowest BCUT2D eigenvalue weighted by molar-refractivity contribution is 0.178. The quantitative estimate of drug-likeness (QED) is 0.852. The van der Waals surface area contributed by atoms with Crippen LogP contribution in [0.2, 0.25) is 4.34 Å². The van der Waals surface area contributed by atoms with Crippen molar-refractivity contribution in [3.63, 3.8) is 0 Å². The van der Waals surface area contributed by atoms with Crippen LogP contribution in [0.4, 0.5) is 0 Å². The Labute approximate surface area is 126 Å². The summed E-state index contributed by atoms with van der Waals surface area (Å²) in [7, 11) is 0. The lowest BCUT2D eigenvalue weighted by Crippen LogP contribution is -2.19. The van der Waals surface area contributed by atoms with Gasteiger partial charge in [-0.2, -0.15) is 0 Å². The molecule has 0 radical (unpaired) electrons. The molecule has 6 heteroatoms. The molecule has 0 aliphatic rings. The van der Waals surface area contributed by atoms with E-state index in [-0.39, 0.29) is 0 Å². The van der Waals surface area contributed by atoms with Gasteiger partial charge in [-0.3, -0.25) is 0 Å².